The van der Waals surface area contributed by atoms with Crippen LogP contribution in [-0.4, -0.2) is 28.3 Å². The van der Waals surface area contributed by atoms with Crippen molar-refractivity contribution >= 4 is 5.91 Å². The zero-order valence-corrected chi connectivity index (χ0v) is 13.4. The predicted octanol–water partition coefficient (Wildman–Crippen LogP) is 2.78. The van der Waals surface area contributed by atoms with Crippen LogP contribution in [0.4, 0.5) is 0 Å². The molecule has 0 bridgehead atoms. The van der Waals surface area contributed by atoms with Crippen molar-refractivity contribution in [2.75, 3.05) is 6.54 Å². The van der Waals surface area contributed by atoms with Crippen LogP contribution >= 0.6 is 0 Å². The first-order chi connectivity index (χ1) is 9.82. The summed E-state index contributed by atoms with van der Waals surface area (Å²) in [5.41, 5.74) is 0.328. The van der Waals surface area contributed by atoms with E-state index < -0.39 is 5.60 Å². The lowest BCUT2D eigenvalue weighted by Crippen LogP contribution is -2.46. The molecule has 2 rings (SSSR count). The Labute approximate surface area is 126 Å². The van der Waals surface area contributed by atoms with Gasteiger partial charge in [-0.25, -0.2) is 0 Å². The second-order valence-electron chi connectivity index (χ2n) is 6.77. The molecule has 1 fully saturated rings. The molecule has 1 amide bonds. The Balaban J connectivity index is 2.04. The number of aryl methyl sites for hydroxylation is 1. The molecule has 2 unspecified atom stereocenters. The molecule has 118 valence electrons. The third-order valence-electron chi connectivity index (χ3n) is 4.29. The smallest absolute Gasteiger partial charge is 0.256 e. The predicted molar refractivity (Wildman–Crippen MR) is 80.2 cm³/mol. The molecule has 1 saturated carbocycles. The first-order valence-corrected chi connectivity index (χ1v) is 7.79. The van der Waals surface area contributed by atoms with E-state index in [9.17, 15) is 9.90 Å². The molecule has 21 heavy (non-hydrogen) atoms. The van der Waals surface area contributed by atoms with E-state index in [-0.39, 0.29) is 11.8 Å². The number of aliphatic hydroxyl groups is 1. The molecule has 1 aromatic heterocycles. The Morgan fingerprint density at radius 3 is 2.90 bits per heavy atom. The topological polar surface area (TPSA) is 75.4 Å². The second kappa shape index (κ2) is 6.18. The van der Waals surface area contributed by atoms with Gasteiger partial charge in [-0.15, -0.1) is 0 Å². The van der Waals surface area contributed by atoms with Crippen LogP contribution in [0.15, 0.2) is 4.52 Å². The van der Waals surface area contributed by atoms with Crippen LogP contribution in [-0.2, 0) is 0 Å². The van der Waals surface area contributed by atoms with Gasteiger partial charge in [0, 0.05) is 12.5 Å². The number of amides is 1. The monoisotopic (exact) mass is 294 g/mol. The summed E-state index contributed by atoms with van der Waals surface area (Å²) in [5, 5.41) is 17.3. The summed E-state index contributed by atoms with van der Waals surface area (Å²) >= 11 is 0. The minimum Gasteiger partial charge on any atom is -0.388 e. The largest absolute Gasteiger partial charge is 0.388 e. The molecule has 2 atom stereocenters. The zero-order valence-electron chi connectivity index (χ0n) is 13.4. The Kier molecular flexibility index (Phi) is 4.71. The van der Waals surface area contributed by atoms with Crippen LogP contribution in [0.25, 0.3) is 0 Å². The van der Waals surface area contributed by atoms with Crippen molar-refractivity contribution < 1.29 is 14.4 Å². The minimum absolute atomic E-state index is 0.102. The molecule has 1 aliphatic rings. The van der Waals surface area contributed by atoms with Crippen molar-refractivity contribution in [3.8, 4) is 0 Å². The average Bonchev–Trinajstić information content (AvgIpc) is 2.78. The number of hydrogen-bond donors (Lipinski definition) is 2. The summed E-state index contributed by atoms with van der Waals surface area (Å²) in [6, 6.07) is 0. The van der Waals surface area contributed by atoms with Crippen LogP contribution in [0.1, 0.15) is 74.2 Å². The van der Waals surface area contributed by atoms with E-state index in [0.29, 0.717) is 29.5 Å². The fourth-order valence-electron chi connectivity index (χ4n) is 3.18. The van der Waals surface area contributed by atoms with Gasteiger partial charge >= 0.3 is 0 Å². The maximum Gasteiger partial charge on any atom is 0.256 e. The van der Waals surface area contributed by atoms with E-state index >= 15 is 0 Å². The first-order valence-electron chi connectivity index (χ1n) is 7.79. The second-order valence-corrected chi connectivity index (χ2v) is 6.77. The molecule has 5 heteroatoms. The van der Waals surface area contributed by atoms with Gasteiger partial charge in [0.15, 0.2) is 5.76 Å². The molecule has 0 radical (unpaired) electrons. The van der Waals surface area contributed by atoms with Crippen LogP contribution in [0.5, 0.6) is 0 Å². The van der Waals surface area contributed by atoms with Crippen LogP contribution in [0.3, 0.4) is 0 Å². The van der Waals surface area contributed by atoms with E-state index in [1.165, 1.54) is 0 Å². The van der Waals surface area contributed by atoms with Crippen molar-refractivity contribution in [1.82, 2.24) is 10.5 Å². The zero-order chi connectivity index (χ0) is 15.6. The molecule has 2 N–H and O–H groups in total. The lowest BCUT2D eigenvalue weighted by Gasteiger charge is -2.35. The standard InChI is InChI=1S/C16H26N2O3/c1-10(2)14-13(12(4)18-21-14)15(19)17-9-16(20)7-5-6-11(3)8-16/h10-11,20H,5-9H2,1-4H3,(H,17,19). The molecule has 0 aromatic carbocycles. The van der Waals surface area contributed by atoms with Crippen molar-refractivity contribution in [2.45, 2.75) is 64.9 Å². The summed E-state index contributed by atoms with van der Waals surface area (Å²) < 4.78 is 5.24. The molecular weight excluding hydrogens is 268 g/mol. The number of rotatable bonds is 4. The fourth-order valence-corrected chi connectivity index (χ4v) is 3.18. The van der Waals surface area contributed by atoms with Gasteiger partial charge in [0.1, 0.15) is 5.56 Å². The molecule has 0 saturated heterocycles. The quantitative estimate of drug-likeness (QED) is 0.895. The number of nitrogens with zero attached hydrogens (tertiary/aromatic N) is 1. The molecule has 5 nitrogen and oxygen atoms in total. The maximum absolute atomic E-state index is 12.4. The highest BCUT2D eigenvalue weighted by molar-refractivity contribution is 5.96. The normalized spacial score (nSPS) is 26.1. The minimum atomic E-state index is -0.781. The van der Waals surface area contributed by atoms with E-state index in [1.54, 1.807) is 6.92 Å². The number of aromatic nitrogens is 1. The molecular formula is C16H26N2O3. The average molecular weight is 294 g/mol. The number of carbonyl (C=O) groups excluding carboxylic acids is 1. The first kappa shape index (κ1) is 16.0. The van der Waals surface area contributed by atoms with Crippen molar-refractivity contribution in [3.63, 3.8) is 0 Å². The van der Waals surface area contributed by atoms with Crippen LogP contribution in [0, 0.1) is 12.8 Å². The summed E-state index contributed by atoms with van der Waals surface area (Å²) in [6.07, 6.45) is 3.65. The lowest BCUT2D eigenvalue weighted by atomic mass is 9.79. The van der Waals surface area contributed by atoms with Gasteiger partial charge in [-0.3, -0.25) is 4.79 Å². The Hall–Kier alpha value is -1.36. The van der Waals surface area contributed by atoms with Gasteiger partial charge in [0.2, 0.25) is 0 Å². The lowest BCUT2D eigenvalue weighted by molar-refractivity contribution is -0.0109. The third kappa shape index (κ3) is 3.64. The SMILES string of the molecule is Cc1noc(C(C)C)c1C(=O)NCC1(O)CCCC(C)C1. The molecule has 1 aromatic rings. The van der Waals surface area contributed by atoms with E-state index in [0.717, 1.165) is 25.7 Å². The highest BCUT2D eigenvalue weighted by Gasteiger charge is 2.33. The van der Waals surface area contributed by atoms with Gasteiger partial charge in [-0.2, -0.15) is 0 Å². The Bertz CT molecular complexity index is 510. The number of nitrogens with one attached hydrogen (secondary N) is 1. The van der Waals surface area contributed by atoms with Crippen LogP contribution in [0.2, 0.25) is 0 Å². The van der Waals surface area contributed by atoms with Gasteiger partial charge in [0.25, 0.3) is 5.91 Å². The number of carbonyl (C=O) groups is 1. The van der Waals surface area contributed by atoms with Crippen LogP contribution < -0.4 is 5.32 Å². The molecule has 1 aliphatic carbocycles. The van der Waals surface area contributed by atoms with E-state index in [4.69, 9.17) is 4.52 Å². The fraction of sp³-hybridized carbons (Fsp3) is 0.750. The molecule has 0 spiro atoms. The summed E-state index contributed by atoms with van der Waals surface area (Å²) in [7, 11) is 0. The van der Waals surface area contributed by atoms with Crippen molar-refractivity contribution in [1.29, 1.82) is 0 Å². The van der Waals surface area contributed by atoms with E-state index in [1.807, 2.05) is 13.8 Å². The molecule has 0 aliphatic heterocycles. The molecule has 1 heterocycles. The highest BCUT2D eigenvalue weighted by Crippen LogP contribution is 2.31. The van der Waals surface area contributed by atoms with Crippen molar-refractivity contribution in [2.24, 2.45) is 5.92 Å². The summed E-state index contributed by atoms with van der Waals surface area (Å²) in [4.78, 5) is 12.4. The number of hydrogen-bond acceptors (Lipinski definition) is 4. The Morgan fingerprint density at radius 2 is 2.29 bits per heavy atom. The van der Waals surface area contributed by atoms with E-state index in [2.05, 4.69) is 17.4 Å². The summed E-state index contributed by atoms with van der Waals surface area (Å²) in [6.45, 7) is 8.13. The maximum atomic E-state index is 12.4. The van der Waals surface area contributed by atoms with Gasteiger partial charge in [-0.05, 0) is 25.7 Å². The Morgan fingerprint density at radius 1 is 1.57 bits per heavy atom. The van der Waals surface area contributed by atoms with Gasteiger partial charge in [-0.1, -0.05) is 38.8 Å². The highest BCUT2D eigenvalue weighted by atomic mass is 16.5. The van der Waals surface area contributed by atoms with Crippen molar-refractivity contribution in [3.05, 3.63) is 17.0 Å². The third-order valence-corrected chi connectivity index (χ3v) is 4.29. The summed E-state index contributed by atoms with van der Waals surface area (Å²) in [5.74, 6) is 1.01. The van der Waals surface area contributed by atoms with Gasteiger partial charge < -0.3 is 14.9 Å². The van der Waals surface area contributed by atoms with Gasteiger partial charge in [0.05, 0.1) is 11.3 Å².